The number of benzene rings is 2. The zero-order valence-corrected chi connectivity index (χ0v) is 14.6. The molecule has 0 bridgehead atoms. The Hall–Kier alpha value is -2.20. The van der Waals surface area contributed by atoms with Gasteiger partial charge in [-0.05, 0) is 47.7 Å². The largest absolute Gasteiger partial charge is 0.378 e. The number of rotatable bonds is 6. The standard InChI is InChI=1S/C19H22N2OS/c1-21(2)17-6-4-5-16(13-17)14-20-19(22)12-9-15-7-10-18(23-3)11-8-15/h4-13H,14H2,1-3H3,(H,20,22)/b12-9+. The molecule has 0 aromatic heterocycles. The minimum atomic E-state index is -0.0887. The maximum absolute atomic E-state index is 11.9. The first-order chi connectivity index (χ1) is 11.1. The first kappa shape index (κ1) is 17.2. The lowest BCUT2D eigenvalue weighted by atomic mass is 10.2. The van der Waals surface area contributed by atoms with Crippen LogP contribution in [-0.4, -0.2) is 26.3 Å². The van der Waals surface area contributed by atoms with Crippen LogP contribution in [0.15, 0.2) is 59.5 Å². The summed E-state index contributed by atoms with van der Waals surface area (Å²) in [6.45, 7) is 0.524. The number of hydrogen-bond donors (Lipinski definition) is 1. The van der Waals surface area contributed by atoms with Crippen molar-refractivity contribution in [1.29, 1.82) is 0 Å². The molecule has 23 heavy (non-hydrogen) atoms. The quantitative estimate of drug-likeness (QED) is 0.647. The number of carbonyl (C=O) groups is 1. The van der Waals surface area contributed by atoms with Gasteiger partial charge in [-0.1, -0.05) is 24.3 Å². The maximum atomic E-state index is 11.9. The molecule has 2 rings (SSSR count). The molecular formula is C19H22N2OS. The lowest BCUT2D eigenvalue weighted by Gasteiger charge is -2.13. The second kappa shape index (κ2) is 8.44. The van der Waals surface area contributed by atoms with Crippen molar-refractivity contribution in [2.45, 2.75) is 11.4 Å². The molecule has 0 saturated heterocycles. The van der Waals surface area contributed by atoms with E-state index in [9.17, 15) is 4.79 Å². The third-order valence-electron chi connectivity index (χ3n) is 3.44. The summed E-state index contributed by atoms with van der Waals surface area (Å²) in [5.74, 6) is -0.0887. The second-order valence-electron chi connectivity index (χ2n) is 5.39. The number of nitrogens with zero attached hydrogens (tertiary/aromatic N) is 1. The second-order valence-corrected chi connectivity index (χ2v) is 6.27. The molecule has 0 aliphatic carbocycles. The maximum Gasteiger partial charge on any atom is 0.244 e. The fourth-order valence-corrected chi connectivity index (χ4v) is 2.49. The molecule has 1 N–H and O–H groups in total. The van der Waals surface area contributed by atoms with E-state index in [0.29, 0.717) is 6.54 Å². The van der Waals surface area contributed by atoms with Gasteiger partial charge in [0.05, 0.1) is 0 Å². The van der Waals surface area contributed by atoms with Crippen molar-refractivity contribution in [2.24, 2.45) is 0 Å². The van der Waals surface area contributed by atoms with Gasteiger partial charge >= 0.3 is 0 Å². The van der Waals surface area contributed by atoms with Crippen LogP contribution in [0.1, 0.15) is 11.1 Å². The highest BCUT2D eigenvalue weighted by Crippen LogP contribution is 2.15. The van der Waals surface area contributed by atoms with Crippen molar-refractivity contribution in [1.82, 2.24) is 5.32 Å². The highest BCUT2D eigenvalue weighted by Gasteiger charge is 2.00. The molecule has 0 aliphatic rings. The van der Waals surface area contributed by atoms with Gasteiger partial charge in [0.1, 0.15) is 0 Å². The Morgan fingerprint density at radius 2 is 1.91 bits per heavy atom. The van der Waals surface area contributed by atoms with Crippen LogP contribution in [-0.2, 0) is 11.3 Å². The summed E-state index contributed by atoms with van der Waals surface area (Å²) < 4.78 is 0. The van der Waals surface area contributed by atoms with Crippen LogP contribution in [0.25, 0.3) is 6.08 Å². The third kappa shape index (κ3) is 5.49. The van der Waals surface area contributed by atoms with Crippen LogP contribution in [0.4, 0.5) is 5.69 Å². The van der Waals surface area contributed by atoms with Crippen molar-refractivity contribution in [3.63, 3.8) is 0 Å². The van der Waals surface area contributed by atoms with E-state index in [0.717, 1.165) is 16.8 Å². The number of thioether (sulfide) groups is 1. The summed E-state index contributed by atoms with van der Waals surface area (Å²) in [5, 5.41) is 2.91. The zero-order chi connectivity index (χ0) is 16.7. The monoisotopic (exact) mass is 326 g/mol. The van der Waals surface area contributed by atoms with Gasteiger partial charge in [-0.15, -0.1) is 11.8 Å². The van der Waals surface area contributed by atoms with Gasteiger partial charge in [-0.3, -0.25) is 4.79 Å². The molecule has 0 spiro atoms. The van der Waals surface area contributed by atoms with Crippen LogP contribution in [0.3, 0.4) is 0 Å². The number of amides is 1. The van der Waals surface area contributed by atoms with Crippen molar-refractivity contribution in [3.05, 3.63) is 65.7 Å². The van der Waals surface area contributed by atoms with Gasteiger partial charge in [-0.2, -0.15) is 0 Å². The van der Waals surface area contributed by atoms with Gasteiger partial charge in [0.25, 0.3) is 0 Å². The first-order valence-corrected chi connectivity index (χ1v) is 8.67. The highest BCUT2D eigenvalue weighted by atomic mass is 32.2. The Kier molecular flexibility index (Phi) is 6.29. The first-order valence-electron chi connectivity index (χ1n) is 7.45. The minimum Gasteiger partial charge on any atom is -0.378 e. The van der Waals surface area contributed by atoms with Gasteiger partial charge in [-0.25, -0.2) is 0 Å². The number of nitrogens with one attached hydrogen (secondary N) is 1. The Morgan fingerprint density at radius 3 is 2.57 bits per heavy atom. The number of anilines is 1. The van der Waals surface area contributed by atoms with E-state index >= 15 is 0 Å². The van der Waals surface area contributed by atoms with Crippen molar-refractivity contribution >= 4 is 29.4 Å². The smallest absolute Gasteiger partial charge is 0.244 e. The van der Waals surface area contributed by atoms with E-state index in [4.69, 9.17) is 0 Å². The van der Waals surface area contributed by atoms with Crippen LogP contribution >= 0.6 is 11.8 Å². The molecular weight excluding hydrogens is 304 g/mol. The SMILES string of the molecule is CSc1ccc(/C=C/C(=O)NCc2cccc(N(C)C)c2)cc1. The van der Waals surface area contributed by atoms with E-state index in [-0.39, 0.29) is 5.91 Å². The predicted molar refractivity (Wildman–Crippen MR) is 99.9 cm³/mol. The summed E-state index contributed by atoms with van der Waals surface area (Å²) in [5.41, 5.74) is 3.23. The molecule has 0 saturated carbocycles. The van der Waals surface area contributed by atoms with E-state index in [1.165, 1.54) is 4.90 Å². The molecule has 0 atom stereocenters. The van der Waals surface area contributed by atoms with Gasteiger partial charge in [0.15, 0.2) is 0 Å². The van der Waals surface area contributed by atoms with Gasteiger partial charge < -0.3 is 10.2 Å². The predicted octanol–water partition coefficient (Wildman–Crippen LogP) is 3.80. The fraction of sp³-hybridized carbons (Fsp3) is 0.211. The molecule has 120 valence electrons. The normalized spacial score (nSPS) is 10.7. The topological polar surface area (TPSA) is 32.3 Å². The molecule has 0 unspecified atom stereocenters. The number of hydrogen-bond acceptors (Lipinski definition) is 3. The fourth-order valence-electron chi connectivity index (χ4n) is 2.08. The summed E-state index contributed by atoms with van der Waals surface area (Å²) in [6.07, 6.45) is 5.45. The molecule has 3 nitrogen and oxygen atoms in total. The van der Waals surface area contributed by atoms with E-state index in [1.807, 2.05) is 61.7 Å². The van der Waals surface area contributed by atoms with E-state index in [1.54, 1.807) is 17.8 Å². The lowest BCUT2D eigenvalue weighted by molar-refractivity contribution is -0.116. The van der Waals surface area contributed by atoms with Gasteiger partial charge in [0.2, 0.25) is 5.91 Å². The Balaban J connectivity index is 1.89. The molecule has 2 aromatic rings. The van der Waals surface area contributed by atoms with Crippen LogP contribution in [0.5, 0.6) is 0 Å². The third-order valence-corrected chi connectivity index (χ3v) is 4.18. The van der Waals surface area contributed by atoms with Crippen LogP contribution in [0.2, 0.25) is 0 Å². The summed E-state index contributed by atoms with van der Waals surface area (Å²) in [7, 11) is 4.01. The van der Waals surface area contributed by atoms with Crippen molar-refractivity contribution in [2.75, 3.05) is 25.3 Å². The van der Waals surface area contributed by atoms with Crippen LogP contribution in [0, 0.1) is 0 Å². The van der Waals surface area contributed by atoms with Gasteiger partial charge in [0, 0.05) is 37.3 Å². The highest BCUT2D eigenvalue weighted by molar-refractivity contribution is 7.98. The van der Waals surface area contributed by atoms with Crippen molar-refractivity contribution in [3.8, 4) is 0 Å². The zero-order valence-electron chi connectivity index (χ0n) is 13.7. The molecule has 0 aliphatic heterocycles. The average molecular weight is 326 g/mol. The molecule has 0 radical (unpaired) electrons. The van der Waals surface area contributed by atoms with Crippen LogP contribution < -0.4 is 10.2 Å². The molecule has 2 aromatic carbocycles. The minimum absolute atomic E-state index is 0.0887. The molecule has 0 fully saturated rings. The summed E-state index contributed by atoms with van der Waals surface area (Å²) >= 11 is 1.70. The lowest BCUT2D eigenvalue weighted by Crippen LogP contribution is -2.20. The Bertz CT molecular complexity index is 678. The molecule has 0 heterocycles. The Morgan fingerprint density at radius 1 is 1.17 bits per heavy atom. The van der Waals surface area contributed by atoms with Crippen molar-refractivity contribution < 1.29 is 4.79 Å². The van der Waals surface area contributed by atoms with E-state index in [2.05, 4.69) is 23.5 Å². The van der Waals surface area contributed by atoms with E-state index < -0.39 is 0 Å². The summed E-state index contributed by atoms with van der Waals surface area (Å²) in [6, 6.07) is 16.3. The Labute approximate surface area is 142 Å². The average Bonchev–Trinajstić information content (AvgIpc) is 2.58. The summed E-state index contributed by atoms with van der Waals surface area (Å²) in [4.78, 5) is 15.2. The molecule has 4 heteroatoms. The molecule has 1 amide bonds. The number of carbonyl (C=O) groups excluding carboxylic acids is 1.